The molecule has 0 aliphatic carbocycles. The zero-order valence-corrected chi connectivity index (χ0v) is 45.2. The second kappa shape index (κ2) is 57.6. The van der Waals surface area contributed by atoms with E-state index in [1.165, 1.54) is 77.0 Å². The van der Waals surface area contributed by atoms with Crippen LogP contribution in [-0.2, 0) is 28.6 Å². The summed E-state index contributed by atoms with van der Waals surface area (Å²) in [5.41, 5.74) is 0. The molecule has 0 radical (unpaired) electrons. The lowest BCUT2D eigenvalue weighted by Gasteiger charge is -2.18. The largest absolute Gasteiger partial charge is 0.462 e. The first-order valence-corrected chi connectivity index (χ1v) is 28.1. The predicted molar refractivity (Wildman–Crippen MR) is 306 cm³/mol. The normalized spacial score (nSPS) is 13.3. The van der Waals surface area contributed by atoms with E-state index >= 15 is 0 Å². The van der Waals surface area contributed by atoms with Crippen LogP contribution in [0.5, 0.6) is 0 Å². The molecule has 0 aromatic rings. The molecule has 6 nitrogen and oxygen atoms in total. The zero-order valence-electron chi connectivity index (χ0n) is 45.2. The van der Waals surface area contributed by atoms with Crippen molar-refractivity contribution in [3.05, 3.63) is 158 Å². The molecule has 0 amide bonds. The van der Waals surface area contributed by atoms with Crippen molar-refractivity contribution in [1.82, 2.24) is 0 Å². The molecule has 0 N–H and O–H groups in total. The molecule has 0 aliphatic rings. The highest BCUT2D eigenvalue weighted by molar-refractivity contribution is 5.71. The van der Waals surface area contributed by atoms with Crippen LogP contribution in [0, 0.1) is 0 Å². The van der Waals surface area contributed by atoms with E-state index in [9.17, 15) is 14.4 Å². The molecule has 0 saturated carbocycles. The molecule has 1 unspecified atom stereocenters. The van der Waals surface area contributed by atoms with Crippen molar-refractivity contribution in [2.24, 2.45) is 0 Å². The van der Waals surface area contributed by atoms with Gasteiger partial charge in [0.25, 0.3) is 0 Å². The molecule has 0 heterocycles. The molecule has 0 aromatic carbocycles. The standard InChI is InChI=1S/C65H100O6/c1-4-7-10-13-16-19-22-25-28-31-32-35-37-40-43-46-49-52-55-58-64(67)70-61-62(71-65(68)59-56-53-50-47-44-41-38-34-30-27-24-21-18-15-12-9-6-3)60-69-63(66)57-54-51-48-45-42-39-36-33-29-26-23-20-17-14-11-8-5-2/h8-9,11-12,15-22,24-27,29-30,34,36,38-39,41,44-45,48,62H,4-7,10,13-14,23,28,31-33,35,37,40,42-43,46-47,49-61H2,1-3H3/b11-8-,12-9-,18-15-,19-16-,20-17-,24-21-,25-22-,29-26-,30-27-,38-34+,39-36-,44-41-,48-45-. The zero-order chi connectivity index (χ0) is 51.4. The SMILES string of the molecule is CC\C=C/C=C\C=C/C=C\C=C\C=C/CCCCCC(=O)OC(COC(=O)CCC/C=C\C/C=C\C/C=C\C/C=C\C/C=C\CC)COC(=O)CCCCCCCCCCCC/C=C\C=C/CCCCC. The Hall–Kier alpha value is -4.97. The van der Waals surface area contributed by atoms with Crippen LogP contribution in [0.2, 0.25) is 0 Å². The summed E-state index contributed by atoms with van der Waals surface area (Å²) >= 11 is 0. The van der Waals surface area contributed by atoms with Crippen LogP contribution in [-0.4, -0.2) is 37.2 Å². The van der Waals surface area contributed by atoms with Crippen LogP contribution in [0.1, 0.15) is 213 Å². The summed E-state index contributed by atoms with van der Waals surface area (Å²) in [6.07, 6.45) is 83.7. The molecule has 0 rings (SSSR count). The van der Waals surface area contributed by atoms with Crippen molar-refractivity contribution < 1.29 is 28.6 Å². The maximum absolute atomic E-state index is 12.8. The second-order valence-electron chi connectivity index (χ2n) is 17.9. The molecule has 0 aliphatic heterocycles. The molecule has 0 saturated heterocycles. The third kappa shape index (κ3) is 55.8. The van der Waals surface area contributed by atoms with Crippen LogP contribution in [0.25, 0.3) is 0 Å². The molecule has 0 aromatic heterocycles. The molecule has 71 heavy (non-hydrogen) atoms. The fraction of sp³-hybridized carbons (Fsp3) is 0.554. The van der Waals surface area contributed by atoms with Gasteiger partial charge in [-0.25, -0.2) is 0 Å². The van der Waals surface area contributed by atoms with Gasteiger partial charge in [-0.2, -0.15) is 0 Å². The van der Waals surface area contributed by atoms with E-state index < -0.39 is 6.10 Å². The number of hydrogen-bond donors (Lipinski definition) is 0. The molecule has 0 spiro atoms. The molecule has 6 heteroatoms. The van der Waals surface area contributed by atoms with E-state index in [0.29, 0.717) is 19.3 Å². The van der Waals surface area contributed by atoms with Crippen LogP contribution < -0.4 is 0 Å². The van der Waals surface area contributed by atoms with Gasteiger partial charge < -0.3 is 14.2 Å². The summed E-state index contributed by atoms with van der Waals surface area (Å²) < 4.78 is 16.8. The van der Waals surface area contributed by atoms with Gasteiger partial charge >= 0.3 is 17.9 Å². The number of hydrogen-bond acceptors (Lipinski definition) is 6. The number of unbranched alkanes of at least 4 members (excludes halogenated alkanes) is 17. The first-order valence-electron chi connectivity index (χ1n) is 28.1. The Morgan fingerprint density at radius 2 is 0.634 bits per heavy atom. The average Bonchev–Trinajstić information content (AvgIpc) is 3.37. The molecule has 396 valence electrons. The molecular weight excluding hydrogens is 877 g/mol. The van der Waals surface area contributed by atoms with E-state index in [1.54, 1.807) is 0 Å². The van der Waals surface area contributed by atoms with Gasteiger partial charge in [0.2, 0.25) is 0 Å². The Kier molecular flexibility index (Phi) is 53.6. The van der Waals surface area contributed by atoms with Crippen LogP contribution in [0.3, 0.4) is 0 Å². The van der Waals surface area contributed by atoms with E-state index in [2.05, 4.69) is 118 Å². The topological polar surface area (TPSA) is 78.9 Å². The third-order valence-electron chi connectivity index (χ3n) is 11.2. The lowest BCUT2D eigenvalue weighted by Crippen LogP contribution is -2.30. The lowest BCUT2D eigenvalue weighted by atomic mass is 10.1. The van der Waals surface area contributed by atoms with Gasteiger partial charge in [-0.15, -0.1) is 0 Å². The summed E-state index contributed by atoms with van der Waals surface area (Å²) in [4.78, 5) is 38.1. The fourth-order valence-electron chi connectivity index (χ4n) is 7.03. The molecular formula is C65H100O6. The predicted octanol–water partition coefficient (Wildman–Crippen LogP) is 19.0. The van der Waals surface area contributed by atoms with Crippen LogP contribution in [0.4, 0.5) is 0 Å². The fourth-order valence-corrected chi connectivity index (χ4v) is 7.03. The van der Waals surface area contributed by atoms with Gasteiger partial charge in [0.15, 0.2) is 6.10 Å². The summed E-state index contributed by atoms with van der Waals surface area (Å²) in [5.74, 6) is -1.04. The van der Waals surface area contributed by atoms with Crippen molar-refractivity contribution in [1.29, 1.82) is 0 Å². The molecule has 1 atom stereocenters. The van der Waals surface area contributed by atoms with Gasteiger partial charge in [-0.1, -0.05) is 249 Å². The minimum Gasteiger partial charge on any atom is -0.462 e. The average molecular weight is 978 g/mol. The Labute approximate surface area is 435 Å². The van der Waals surface area contributed by atoms with Crippen LogP contribution >= 0.6 is 0 Å². The summed E-state index contributed by atoms with van der Waals surface area (Å²) in [5, 5.41) is 0. The molecule has 0 fully saturated rings. The van der Waals surface area contributed by atoms with E-state index in [0.717, 1.165) is 83.5 Å². The Morgan fingerprint density at radius 1 is 0.310 bits per heavy atom. The Balaban J connectivity index is 4.59. The van der Waals surface area contributed by atoms with Crippen LogP contribution in [0.15, 0.2) is 158 Å². The van der Waals surface area contributed by atoms with Gasteiger partial charge in [0, 0.05) is 19.3 Å². The van der Waals surface area contributed by atoms with E-state index in [1.807, 2.05) is 60.8 Å². The van der Waals surface area contributed by atoms with Gasteiger partial charge in [0.1, 0.15) is 13.2 Å². The number of carbonyl (C=O) groups is 3. The number of carbonyl (C=O) groups excluding carboxylic acids is 3. The smallest absolute Gasteiger partial charge is 0.306 e. The van der Waals surface area contributed by atoms with Gasteiger partial charge in [-0.3, -0.25) is 14.4 Å². The van der Waals surface area contributed by atoms with Crippen molar-refractivity contribution in [2.45, 2.75) is 219 Å². The quantitative estimate of drug-likeness (QED) is 0.0199. The highest BCUT2D eigenvalue weighted by Crippen LogP contribution is 2.14. The molecule has 0 bridgehead atoms. The number of esters is 3. The minimum absolute atomic E-state index is 0.123. The summed E-state index contributed by atoms with van der Waals surface area (Å²) in [6.45, 7) is 6.25. The number of ether oxygens (including phenoxy) is 3. The number of rotatable bonds is 48. The maximum Gasteiger partial charge on any atom is 0.306 e. The summed E-state index contributed by atoms with van der Waals surface area (Å²) in [6, 6.07) is 0. The lowest BCUT2D eigenvalue weighted by molar-refractivity contribution is -0.167. The first-order chi connectivity index (χ1) is 35.0. The van der Waals surface area contributed by atoms with Gasteiger partial charge in [0.05, 0.1) is 0 Å². The minimum atomic E-state index is -0.834. The third-order valence-corrected chi connectivity index (χ3v) is 11.2. The number of allylic oxidation sites excluding steroid dienone is 26. The first kappa shape index (κ1) is 66.0. The second-order valence-corrected chi connectivity index (χ2v) is 17.9. The Bertz CT molecular complexity index is 1640. The van der Waals surface area contributed by atoms with E-state index in [4.69, 9.17) is 14.2 Å². The maximum atomic E-state index is 12.8. The van der Waals surface area contributed by atoms with Crippen molar-refractivity contribution in [3.8, 4) is 0 Å². The van der Waals surface area contributed by atoms with Crippen molar-refractivity contribution >= 4 is 17.9 Å². The summed E-state index contributed by atoms with van der Waals surface area (Å²) in [7, 11) is 0. The highest BCUT2D eigenvalue weighted by Gasteiger charge is 2.19. The highest BCUT2D eigenvalue weighted by atomic mass is 16.6. The van der Waals surface area contributed by atoms with Gasteiger partial charge in [-0.05, 0) is 103 Å². The Morgan fingerprint density at radius 3 is 1.10 bits per heavy atom. The van der Waals surface area contributed by atoms with Crippen molar-refractivity contribution in [2.75, 3.05) is 13.2 Å². The van der Waals surface area contributed by atoms with E-state index in [-0.39, 0.29) is 44.0 Å². The monoisotopic (exact) mass is 977 g/mol. The van der Waals surface area contributed by atoms with Crippen molar-refractivity contribution in [3.63, 3.8) is 0 Å².